The third kappa shape index (κ3) is 4.73. The van der Waals surface area contributed by atoms with E-state index in [-0.39, 0.29) is 17.4 Å². The maximum atomic E-state index is 12.6. The zero-order chi connectivity index (χ0) is 17.9. The standard InChI is InChI=1S/C20H32N4O/c1-20(2,3)24-12-8-16(9-13-24)19(25)22-17-4-6-18(7-5-17)23-14-10-21-11-15-23/h4-7,16,21H,8-15H2,1-3H3,(H,22,25). The van der Waals surface area contributed by atoms with Crippen molar-refractivity contribution in [3.8, 4) is 0 Å². The second-order valence-corrected chi connectivity index (χ2v) is 8.21. The number of hydrogen-bond acceptors (Lipinski definition) is 4. The van der Waals surface area contributed by atoms with Gasteiger partial charge in [0.1, 0.15) is 0 Å². The Balaban J connectivity index is 1.51. The first-order valence-electron chi connectivity index (χ1n) is 9.55. The Bertz CT molecular complexity index is 564. The van der Waals surface area contributed by atoms with Crippen molar-refractivity contribution >= 4 is 17.3 Å². The highest BCUT2D eigenvalue weighted by Crippen LogP contribution is 2.25. The number of carbonyl (C=O) groups is 1. The van der Waals surface area contributed by atoms with E-state index in [9.17, 15) is 4.79 Å². The molecule has 0 spiro atoms. The second kappa shape index (κ2) is 7.75. The van der Waals surface area contributed by atoms with Gasteiger partial charge >= 0.3 is 0 Å². The molecule has 25 heavy (non-hydrogen) atoms. The molecule has 0 saturated carbocycles. The summed E-state index contributed by atoms with van der Waals surface area (Å²) >= 11 is 0. The van der Waals surface area contributed by atoms with E-state index in [1.165, 1.54) is 5.69 Å². The third-order valence-electron chi connectivity index (χ3n) is 5.43. The summed E-state index contributed by atoms with van der Waals surface area (Å²) < 4.78 is 0. The first-order valence-corrected chi connectivity index (χ1v) is 9.55. The van der Waals surface area contributed by atoms with Crippen LogP contribution in [0.4, 0.5) is 11.4 Å². The second-order valence-electron chi connectivity index (χ2n) is 8.21. The largest absolute Gasteiger partial charge is 0.369 e. The molecule has 1 amide bonds. The molecule has 0 atom stereocenters. The maximum absolute atomic E-state index is 12.6. The Morgan fingerprint density at radius 1 is 1.04 bits per heavy atom. The van der Waals surface area contributed by atoms with Crippen molar-refractivity contribution in [1.29, 1.82) is 0 Å². The molecule has 3 rings (SSSR count). The fourth-order valence-electron chi connectivity index (χ4n) is 3.74. The van der Waals surface area contributed by atoms with Crippen LogP contribution in [-0.4, -0.2) is 55.6 Å². The monoisotopic (exact) mass is 344 g/mol. The van der Waals surface area contributed by atoms with Gasteiger partial charge in [0, 0.05) is 49.0 Å². The van der Waals surface area contributed by atoms with Crippen molar-refractivity contribution in [3.05, 3.63) is 24.3 Å². The smallest absolute Gasteiger partial charge is 0.227 e. The summed E-state index contributed by atoms with van der Waals surface area (Å²) in [5.74, 6) is 0.301. The lowest BCUT2D eigenvalue weighted by atomic mass is 9.92. The van der Waals surface area contributed by atoms with E-state index in [1.807, 2.05) is 12.1 Å². The Morgan fingerprint density at radius 2 is 1.64 bits per heavy atom. The number of hydrogen-bond donors (Lipinski definition) is 2. The minimum Gasteiger partial charge on any atom is -0.369 e. The summed E-state index contributed by atoms with van der Waals surface area (Å²) in [6.07, 6.45) is 1.89. The topological polar surface area (TPSA) is 47.6 Å². The number of amides is 1. The fraction of sp³-hybridized carbons (Fsp3) is 0.650. The van der Waals surface area contributed by atoms with E-state index >= 15 is 0 Å². The molecular formula is C20H32N4O. The molecule has 2 aliphatic heterocycles. The molecule has 2 aliphatic rings. The van der Waals surface area contributed by atoms with Gasteiger partial charge in [0.05, 0.1) is 0 Å². The lowest BCUT2D eigenvalue weighted by molar-refractivity contribution is -0.121. The van der Waals surface area contributed by atoms with Crippen LogP contribution in [0.3, 0.4) is 0 Å². The van der Waals surface area contributed by atoms with Gasteiger partial charge in [0.2, 0.25) is 5.91 Å². The molecule has 2 N–H and O–H groups in total. The quantitative estimate of drug-likeness (QED) is 0.885. The Morgan fingerprint density at radius 3 is 2.20 bits per heavy atom. The maximum Gasteiger partial charge on any atom is 0.227 e. The number of piperazine rings is 1. The molecule has 0 radical (unpaired) electrons. The number of nitrogens with one attached hydrogen (secondary N) is 2. The summed E-state index contributed by atoms with van der Waals surface area (Å²) in [6.45, 7) is 12.9. The summed E-state index contributed by atoms with van der Waals surface area (Å²) in [6, 6.07) is 8.28. The van der Waals surface area contributed by atoms with Crippen LogP contribution in [0, 0.1) is 5.92 Å². The van der Waals surface area contributed by atoms with E-state index in [0.29, 0.717) is 0 Å². The van der Waals surface area contributed by atoms with Crippen LogP contribution in [0.1, 0.15) is 33.6 Å². The van der Waals surface area contributed by atoms with Gasteiger partial charge in [-0.1, -0.05) is 0 Å². The van der Waals surface area contributed by atoms with Crippen LogP contribution in [0.5, 0.6) is 0 Å². The van der Waals surface area contributed by atoms with Crippen molar-refractivity contribution in [2.45, 2.75) is 39.2 Å². The summed E-state index contributed by atoms with van der Waals surface area (Å²) in [4.78, 5) is 17.4. The molecule has 0 unspecified atom stereocenters. The molecule has 2 saturated heterocycles. The minimum atomic E-state index is 0.131. The first kappa shape index (κ1) is 18.2. The SMILES string of the molecule is CC(C)(C)N1CCC(C(=O)Nc2ccc(N3CCNCC3)cc2)CC1. The van der Waals surface area contributed by atoms with Crippen LogP contribution in [0.2, 0.25) is 0 Å². The first-order chi connectivity index (χ1) is 11.9. The van der Waals surface area contributed by atoms with Crippen LogP contribution in [0.25, 0.3) is 0 Å². The predicted molar refractivity (Wildman–Crippen MR) is 104 cm³/mol. The van der Waals surface area contributed by atoms with Gasteiger partial charge in [-0.25, -0.2) is 0 Å². The average molecular weight is 345 g/mol. The van der Waals surface area contributed by atoms with Crippen LogP contribution < -0.4 is 15.5 Å². The Labute approximate surface area is 151 Å². The van der Waals surface area contributed by atoms with Crippen molar-refractivity contribution in [1.82, 2.24) is 10.2 Å². The van der Waals surface area contributed by atoms with Crippen molar-refractivity contribution in [2.24, 2.45) is 5.92 Å². The van der Waals surface area contributed by atoms with Gasteiger partial charge in [0.25, 0.3) is 0 Å². The van der Waals surface area contributed by atoms with Gasteiger partial charge < -0.3 is 15.5 Å². The molecule has 2 heterocycles. The van der Waals surface area contributed by atoms with E-state index in [2.05, 4.69) is 53.3 Å². The number of likely N-dealkylation sites (tertiary alicyclic amines) is 1. The molecule has 0 aliphatic carbocycles. The Kier molecular flexibility index (Phi) is 5.64. The van der Waals surface area contributed by atoms with E-state index < -0.39 is 0 Å². The normalized spacial score (nSPS) is 20.5. The number of benzene rings is 1. The third-order valence-corrected chi connectivity index (χ3v) is 5.43. The fourth-order valence-corrected chi connectivity index (χ4v) is 3.74. The highest BCUT2D eigenvalue weighted by Gasteiger charge is 2.30. The molecule has 1 aromatic carbocycles. The van der Waals surface area contributed by atoms with Crippen LogP contribution in [-0.2, 0) is 4.79 Å². The van der Waals surface area contributed by atoms with Gasteiger partial charge in [0.15, 0.2) is 0 Å². The highest BCUT2D eigenvalue weighted by molar-refractivity contribution is 5.92. The molecule has 5 heteroatoms. The molecule has 1 aromatic rings. The number of piperidine rings is 1. The summed E-state index contributed by atoms with van der Waals surface area (Å²) in [5.41, 5.74) is 2.33. The van der Waals surface area contributed by atoms with Crippen molar-refractivity contribution in [3.63, 3.8) is 0 Å². The highest BCUT2D eigenvalue weighted by atomic mass is 16.1. The van der Waals surface area contributed by atoms with Gasteiger partial charge in [-0.2, -0.15) is 0 Å². The minimum absolute atomic E-state index is 0.131. The number of carbonyl (C=O) groups excluding carboxylic acids is 1. The number of nitrogens with zero attached hydrogens (tertiary/aromatic N) is 2. The predicted octanol–water partition coefficient (Wildman–Crippen LogP) is 2.55. The van der Waals surface area contributed by atoms with E-state index in [1.54, 1.807) is 0 Å². The molecular weight excluding hydrogens is 312 g/mol. The zero-order valence-electron chi connectivity index (χ0n) is 15.8. The molecule has 0 bridgehead atoms. The summed E-state index contributed by atoms with van der Waals surface area (Å²) in [5, 5.41) is 6.48. The van der Waals surface area contributed by atoms with Crippen LogP contribution >= 0.6 is 0 Å². The van der Waals surface area contributed by atoms with Crippen molar-refractivity contribution < 1.29 is 4.79 Å². The van der Waals surface area contributed by atoms with E-state index in [4.69, 9.17) is 0 Å². The summed E-state index contributed by atoms with van der Waals surface area (Å²) in [7, 11) is 0. The van der Waals surface area contributed by atoms with Gasteiger partial charge in [-0.05, 0) is 71.0 Å². The van der Waals surface area contributed by atoms with Crippen LogP contribution in [0.15, 0.2) is 24.3 Å². The van der Waals surface area contributed by atoms with Gasteiger partial charge in [-0.3, -0.25) is 9.69 Å². The molecule has 5 nitrogen and oxygen atoms in total. The lowest BCUT2D eigenvalue weighted by Crippen LogP contribution is -2.47. The van der Waals surface area contributed by atoms with Crippen molar-refractivity contribution in [2.75, 3.05) is 49.5 Å². The number of rotatable bonds is 3. The zero-order valence-corrected chi connectivity index (χ0v) is 15.8. The molecule has 2 fully saturated rings. The van der Waals surface area contributed by atoms with Gasteiger partial charge in [-0.15, -0.1) is 0 Å². The molecule has 0 aromatic heterocycles. The average Bonchev–Trinajstić information content (AvgIpc) is 2.62. The lowest BCUT2D eigenvalue weighted by Gasteiger charge is -2.40. The van der Waals surface area contributed by atoms with E-state index in [0.717, 1.165) is 57.8 Å². The molecule has 138 valence electrons. The Hall–Kier alpha value is -1.59. The number of anilines is 2.